The fourth-order valence-electron chi connectivity index (χ4n) is 3.23. The lowest BCUT2D eigenvalue weighted by molar-refractivity contribution is -0.111. The van der Waals surface area contributed by atoms with Crippen molar-refractivity contribution in [3.63, 3.8) is 0 Å². The average molecular weight is 416 g/mol. The quantitative estimate of drug-likeness (QED) is 0.728. The molecule has 7 heteroatoms. The van der Waals surface area contributed by atoms with Gasteiger partial charge in [0, 0.05) is 48.9 Å². The van der Waals surface area contributed by atoms with Crippen LogP contribution in [-0.2, 0) is 4.79 Å². The van der Waals surface area contributed by atoms with Gasteiger partial charge in [-0.05, 0) is 43.5 Å². The van der Waals surface area contributed by atoms with Gasteiger partial charge < -0.3 is 24.6 Å². The molecule has 1 heterocycles. The Morgan fingerprint density at radius 1 is 1.07 bits per heavy atom. The lowest BCUT2D eigenvalue weighted by Crippen LogP contribution is -2.44. The average Bonchev–Trinajstić information content (AvgIpc) is 2.73. The molecule has 1 amide bonds. The Kier molecular flexibility index (Phi) is 7.01. The van der Waals surface area contributed by atoms with Crippen molar-refractivity contribution in [1.82, 2.24) is 4.90 Å². The number of piperazine rings is 1. The maximum absolute atomic E-state index is 12.6. The third-order valence-corrected chi connectivity index (χ3v) is 5.15. The molecule has 6 nitrogen and oxygen atoms in total. The van der Waals surface area contributed by atoms with Crippen molar-refractivity contribution in [2.75, 3.05) is 57.7 Å². The second-order valence-corrected chi connectivity index (χ2v) is 7.32. The molecule has 154 valence electrons. The highest BCUT2D eigenvalue weighted by Crippen LogP contribution is 2.30. The van der Waals surface area contributed by atoms with E-state index in [0.29, 0.717) is 22.2 Å². The molecule has 0 spiro atoms. The van der Waals surface area contributed by atoms with E-state index in [-0.39, 0.29) is 5.91 Å². The molecule has 2 aromatic carbocycles. The number of amides is 1. The molecule has 1 aliphatic rings. The Balaban J connectivity index is 1.75. The van der Waals surface area contributed by atoms with Crippen LogP contribution in [0.25, 0.3) is 6.08 Å². The number of carbonyl (C=O) groups excluding carboxylic acids is 1. The van der Waals surface area contributed by atoms with Crippen molar-refractivity contribution in [3.05, 3.63) is 53.1 Å². The van der Waals surface area contributed by atoms with Crippen LogP contribution in [0.2, 0.25) is 5.02 Å². The van der Waals surface area contributed by atoms with Crippen LogP contribution in [0.15, 0.2) is 42.5 Å². The Morgan fingerprint density at radius 3 is 2.52 bits per heavy atom. The summed E-state index contributed by atoms with van der Waals surface area (Å²) in [5.41, 5.74) is 2.47. The summed E-state index contributed by atoms with van der Waals surface area (Å²) in [6.07, 6.45) is 3.20. The molecule has 0 aliphatic carbocycles. The zero-order valence-electron chi connectivity index (χ0n) is 16.9. The molecule has 0 aromatic heterocycles. The number of benzene rings is 2. The van der Waals surface area contributed by atoms with Crippen molar-refractivity contribution in [3.8, 4) is 11.5 Å². The van der Waals surface area contributed by atoms with E-state index < -0.39 is 0 Å². The molecule has 1 aliphatic heterocycles. The number of methoxy groups -OCH3 is 2. The SMILES string of the molecule is COc1ccc(/C=C/C(=O)Nc2cc(Cl)ccc2N2CCN(C)CC2)c(OC)c1. The van der Waals surface area contributed by atoms with Gasteiger partial charge in [-0.15, -0.1) is 0 Å². The summed E-state index contributed by atoms with van der Waals surface area (Å²) in [5.74, 6) is 1.09. The molecule has 0 atom stereocenters. The molecular weight excluding hydrogens is 390 g/mol. The lowest BCUT2D eigenvalue weighted by atomic mass is 10.1. The summed E-state index contributed by atoms with van der Waals surface area (Å²) in [6, 6.07) is 11.0. The number of anilines is 2. The first-order chi connectivity index (χ1) is 14.0. The topological polar surface area (TPSA) is 54.0 Å². The van der Waals surface area contributed by atoms with Crippen LogP contribution in [0, 0.1) is 0 Å². The monoisotopic (exact) mass is 415 g/mol. The molecule has 2 aromatic rings. The number of halogens is 1. The van der Waals surface area contributed by atoms with Gasteiger partial charge in [0.1, 0.15) is 11.5 Å². The van der Waals surface area contributed by atoms with Crippen LogP contribution in [0.1, 0.15) is 5.56 Å². The number of likely N-dealkylation sites (N-methyl/N-ethyl adjacent to an activating group) is 1. The molecule has 0 saturated carbocycles. The Bertz CT molecular complexity index is 893. The van der Waals surface area contributed by atoms with Gasteiger partial charge in [0.05, 0.1) is 25.6 Å². The van der Waals surface area contributed by atoms with Gasteiger partial charge in [0.25, 0.3) is 0 Å². The third kappa shape index (κ3) is 5.43. The minimum Gasteiger partial charge on any atom is -0.497 e. The van der Waals surface area contributed by atoms with E-state index in [1.165, 1.54) is 6.08 Å². The van der Waals surface area contributed by atoms with Crippen molar-refractivity contribution >= 4 is 35.0 Å². The standard InChI is InChI=1S/C22H26ClN3O3/c1-25-10-12-26(13-11-25)20-8-6-17(23)14-19(20)24-22(27)9-5-16-4-7-18(28-2)15-21(16)29-3/h4-9,14-15H,10-13H2,1-3H3,(H,24,27)/b9-5+. The molecule has 1 N–H and O–H groups in total. The van der Waals surface area contributed by atoms with E-state index in [0.717, 1.165) is 37.4 Å². The van der Waals surface area contributed by atoms with Crippen molar-refractivity contribution in [2.24, 2.45) is 0 Å². The summed E-state index contributed by atoms with van der Waals surface area (Å²) < 4.78 is 10.6. The predicted octanol–water partition coefficient (Wildman–Crippen LogP) is 3.76. The summed E-state index contributed by atoms with van der Waals surface area (Å²) >= 11 is 6.18. The Hall–Kier alpha value is -2.70. The summed E-state index contributed by atoms with van der Waals surface area (Å²) in [6.45, 7) is 3.76. The van der Waals surface area contributed by atoms with Crippen molar-refractivity contribution < 1.29 is 14.3 Å². The molecule has 0 bridgehead atoms. The minimum absolute atomic E-state index is 0.236. The second-order valence-electron chi connectivity index (χ2n) is 6.88. The van der Waals surface area contributed by atoms with Gasteiger partial charge in [0.15, 0.2) is 0 Å². The van der Waals surface area contributed by atoms with Crippen LogP contribution >= 0.6 is 11.6 Å². The number of nitrogens with zero attached hydrogens (tertiary/aromatic N) is 2. The van der Waals surface area contributed by atoms with Crippen LogP contribution in [-0.4, -0.2) is 58.3 Å². The van der Waals surface area contributed by atoms with Crippen molar-refractivity contribution in [1.29, 1.82) is 0 Å². The molecular formula is C22H26ClN3O3. The highest BCUT2D eigenvalue weighted by molar-refractivity contribution is 6.31. The van der Waals surface area contributed by atoms with Gasteiger partial charge in [0.2, 0.25) is 5.91 Å². The van der Waals surface area contributed by atoms with E-state index in [9.17, 15) is 4.79 Å². The van der Waals surface area contributed by atoms with Crippen molar-refractivity contribution in [2.45, 2.75) is 0 Å². The molecule has 1 saturated heterocycles. The van der Waals surface area contributed by atoms with Gasteiger partial charge in [-0.25, -0.2) is 0 Å². The zero-order valence-corrected chi connectivity index (χ0v) is 17.7. The molecule has 1 fully saturated rings. The maximum atomic E-state index is 12.6. The van der Waals surface area contributed by atoms with Crippen LogP contribution in [0.3, 0.4) is 0 Å². The fourth-order valence-corrected chi connectivity index (χ4v) is 3.40. The number of carbonyl (C=O) groups is 1. The van der Waals surface area contributed by atoms with Gasteiger partial charge in [-0.3, -0.25) is 4.79 Å². The molecule has 29 heavy (non-hydrogen) atoms. The smallest absolute Gasteiger partial charge is 0.248 e. The van der Waals surface area contributed by atoms with E-state index >= 15 is 0 Å². The largest absolute Gasteiger partial charge is 0.497 e. The Morgan fingerprint density at radius 2 is 1.83 bits per heavy atom. The number of ether oxygens (including phenoxy) is 2. The summed E-state index contributed by atoms with van der Waals surface area (Å²) in [7, 11) is 5.29. The fraction of sp³-hybridized carbons (Fsp3) is 0.318. The van der Waals surface area contributed by atoms with Gasteiger partial charge in [-0.1, -0.05) is 11.6 Å². The zero-order chi connectivity index (χ0) is 20.8. The first kappa shape index (κ1) is 21.0. The molecule has 3 rings (SSSR count). The lowest BCUT2D eigenvalue weighted by Gasteiger charge is -2.35. The number of hydrogen-bond donors (Lipinski definition) is 1. The van der Waals surface area contributed by atoms with Crippen LogP contribution in [0.4, 0.5) is 11.4 Å². The Labute approximate surface area is 176 Å². The molecule has 0 unspecified atom stereocenters. The van der Waals surface area contributed by atoms with E-state index in [4.69, 9.17) is 21.1 Å². The van der Waals surface area contributed by atoms with Gasteiger partial charge in [-0.2, -0.15) is 0 Å². The first-order valence-corrected chi connectivity index (χ1v) is 9.82. The van der Waals surface area contributed by atoms with Gasteiger partial charge >= 0.3 is 0 Å². The van der Waals surface area contributed by atoms with Crippen LogP contribution < -0.4 is 19.7 Å². The van der Waals surface area contributed by atoms with E-state index in [2.05, 4.69) is 22.2 Å². The normalized spacial score (nSPS) is 14.8. The third-order valence-electron chi connectivity index (χ3n) is 4.92. The maximum Gasteiger partial charge on any atom is 0.248 e. The number of hydrogen-bond acceptors (Lipinski definition) is 5. The summed E-state index contributed by atoms with van der Waals surface area (Å²) in [5, 5.41) is 3.54. The summed E-state index contributed by atoms with van der Waals surface area (Å²) in [4.78, 5) is 17.1. The first-order valence-electron chi connectivity index (χ1n) is 9.44. The second kappa shape index (κ2) is 9.67. The minimum atomic E-state index is -0.236. The number of nitrogens with one attached hydrogen (secondary N) is 1. The predicted molar refractivity (Wildman–Crippen MR) is 118 cm³/mol. The molecule has 0 radical (unpaired) electrons. The highest BCUT2D eigenvalue weighted by Gasteiger charge is 2.18. The highest BCUT2D eigenvalue weighted by atomic mass is 35.5. The van der Waals surface area contributed by atoms with E-state index in [1.54, 1.807) is 32.4 Å². The van der Waals surface area contributed by atoms with Crippen LogP contribution in [0.5, 0.6) is 11.5 Å². The van der Waals surface area contributed by atoms with E-state index in [1.807, 2.05) is 24.3 Å². The number of rotatable bonds is 6.